The van der Waals surface area contributed by atoms with Gasteiger partial charge in [0.15, 0.2) is 5.79 Å². The van der Waals surface area contributed by atoms with Crippen molar-refractivity contribution in [3.63, 3.8) is 0 Å². The van der Waals surface area contributed by atoms with Gasteiger partial charge in [0.2, 0.25) is 0 Å². The van der Waals surface area contributed by atoms with E-state index >= 15 is 0 Å². The number of hydrogen-bond donors (Lipinski definition) is 1. The summed E-state index contributed by atoms with van der Waals surface area (Å²) in [4.78, 5) is 10.9. The molecule has 1 saturated heterocycles. The van der Waals surface area contributed by atoms with E-state index in [2.05, 4.69) is 0 Å². The molecular formula is C16H24O5. The largest absolute Gasteiger partial charge is 0.462 e. The molecule has 21 heavy (non-hydrogen) atoms. The minimum atomic E-state index is -0.661. The molecule has 0 unspecified atom stereocenters. The van der Waals surface area contributed by atoms with Gasteiger partial charge in [-0.15, -0.1) is 0 Å². The van der Waals surface area contributed by atoms with Crippen LogP contribution < -0.4 is 0 Å². The van der Waals surface area contributed by atoms with Crippen LogP contribution in [0.15, 0.2) is 23.3 Å². The lowest BCUT2D eigenvalue weighted by atomic mass is 9.79. The molecule has 0 saturated carbocycles. The molecule has 5 nitrogen and oxygen atoms in total. The highest BCUT2D eigenvalue weighted by Crippen LogP contribution is 2.37. The van der Waals surface area contributed by atoms with Crippen molar-refractivity contribution in [2.75, 3.05) is 13.2 Å². The third-order valence-corrected chi connectivity index (χ3v) is 3.84. The highest BCUT2D eigenvalue weighted by Gasteiger charge is 2.40. The van der Waals surface area contributed by atoms with E-state index < -0.39 is 11.9 Å². The predicted molar refractivity (Wildman–Crippen MR) is 77.5 cm³/mol. The maximum absolute atomic E-state index is 10.9. The van der Waals surface area contributed by atoms with Crippen molar-refractivity contribution < 1.29 is 24.1 Å². The van der Waals surface area contributed by atoms with Gasteiger partial charge in [0, 0.05) is 12.8 Å². The molecule has 0 spiro atoms. The second-order valence-electron chi connectivity index (χ2n) is 6.14. The quantitative estimate of drug-likeness (QED) is 0.637. The van der Waals surface area contributed by atoms with Crippen LogP contribution in [0.4, 0.5) is 0 Å². The Balaban J connectivity index is 2.15. The van der Waals surface area contributed by atoms with Crippen LogP contribution in [-0.4, -0.2) is 42.3 Å². The van der Waals surface area contributed by atoms with Crippen LogP contribution in [0.5, 0.6) is 0 Å². The lowest BCUT2D eigenvalue weighted by molar-refractivity contribution is -0.143. The van der Waals surface area contributed by atoms with Gasteiger partial charge in [0.25, 0.3) is 0 Å². The van der Waals surface area contributed by atoms with E-state index in [-0.39, 0.29) is 24.6 Å². The van der Waals surface area contributed by atoms with E-state index in [0.29, 0.717) is 6.61 Å². The number of rotatable bonds is 3. The van der Waals surface area contributed by atoms with Crippen LogP contribution in [0.2, 0.25) is 0 Å². The average molecular weight is 296 g/mol. The Labute approximate surface area is 125 Å². The van der Waals surface area contributed by atoms with Crippen LogP contribution >= 0.6 is 0 Å². The Hall–Kier alpha value is -1.17. The maximum atomic E-state index is 10.9. The van der Waals surface area contributed by atoms with Gasteiger partial charge in [-0.2, -0.15) is 0 Å². The van der Waals surface area contributed by atoms with Crippen molar-refractivity contribution in [2.45, 2.75) is 52.1 Å². The van der Waals surface area contributed by atoms with Crippen LogP contribution in [0.25, 0.3) is 0 Å². The molecule has 0 aromatic heterocycles. The summed E-state index contributed by atoms with van der Waals surface area (Å²) < 4.78 is 16.5. The number of esters is 1. The molecule has 0 aromatic rings. The topological polar surface area (TPSA) is 65.0 Å². The van der Waals surface area contributed by atoms with E-state index in [1.165, 1.54) is 6.92 Å². The fraction of sp³-hybridized carbons (Fsp3) is 0.688. The summed E-state index contributed by atoms with van der Waals surface area (Å²) in [6.45, 7) is 7.81. The number of aliphatic hydroxyl groups is 1. The molecule has 1 fully saturated rings. The Kier molecular flexibility index (Phi) is 4.86. The van der Waals surface area contributed by atoms with E-state index in [0.717, 1.165) is 17.6 Å². The van der Waals surface area contributed by atoms with Gasteiger partial charge in [-0.05, 0) is 38.8 Å². The molecular weight excluding hydrogens is 272 g/mol. The van der Waals surface area contributed by atoms with Gasteiger partial charge < -0.3 is 19.3 Å². The van der Waals surface area contributed by atoms with Crippen LogP contribution in [0.3, 0.4) is 0 Å². The first kappa shape index (κ1) is 16.2. The van der Waals surface area contributed by atoms with E-state index in [1.807, 2.05) is 26.8 Å². The van der Waals surface area contributed by atoms with Crippen molar-refractivity contribution >= 4 is 5.97 Å². The molecule has 5 heteroatoms. The summed E-state index contributed by atoms with van der Waals surface area (Å²) in [6.07, 6.45) is 3.67. The minimum Gasteiger partial charge on any atom is -0.462 e. The van der Waals surface area contributed by atoms with Crippen molar-refractivity contribution in [3.8, 4) is 0 Å². The van der Waals surface area contributed by atoms with Crippen LogP contribution in [-0.2, 0) is 19.0 Å². The zero-order valence-electron chi connectivity index (χ0n) is 13.1. The zero-order valence-corrected chi connectivity index (χ0v) is 13.1. The lowest BCUT2D eigenvalue weighted by Crippen LogP contribution is -2.34. The molecule has 0 aromatic carbocycles. The van der Waals surface area contributed by atoms with Gasteiger partial charge in [0.05, 0.1) is 18.8 Å². The lowest BCUT2D eigenvalue weighted by Gasteiger charge is -2.32. The first-order chi connectivity index (χ1) is 9.78. The highest BCUT2D eigenvalue weighted by atomic mass is 16.7. The SMILES string of the molecule is CC(=O)OC/C=C1/[C@@H](O)C=C(C)C[C@@H]1[C@H]1COC(C)(C)O1. The fourth-order valence-corrected chi connectivity index (χ4v) is 2.90. The molecule has 1 aliphatic carbocycles. The predicted octanol–water partition coefficient (Wildman–Crippen LogP) is 1.95. The molecule has 1 N–H and O–H groups in total. The molecule has 1 aliphatic heterocycles. The van der Waals surface area contributed by atoms with Gasteiger partial charge in [-0.25, -0.2) is 0 Å². The fourth-order valence-electron chi connectivity index (χ4n) is 2.90. The van der Waals surface area contributed by atoms with Gasteiger partial charge in [-0.3, -0.25) is 4.79 Å². The van der Waals surface area contributed by atoms with Crippen LogP contribution in [0.1, 0.15) is 34.1 Å². The van der Waals surface area contributed by atoms with Crippen molar-refractivity contribution in [2.24, 2.45) is 5.92 Å². The molecule has 118 valence electrons. The normalized spacial score (nSPS) is 33.9. The summed E-state index contributed by atoms with van der Waals surface area (Å²) in [5.41, 5.74) is 1.97. The number of carbonyl (C=O) groups excluding carboxylic acids is 1. The summed E-state index contributed by atoms with van der Waals surface area (Å²) in [6, 6.07) is 0. The number of ether oxygens (including phenoxy) is 3. The maximum Gasteiger partial charge on any atom is 0.302 e. The highest BCUT2D eigenvalue weighted by molar-refractivity contribution is 5.66. The molecule has 0 bridgehead atoms. The third-order valence-electron chi connectivity index (χ3n) is 3.84. The van der Waals surface area contributed by atoms with Crippen molar-refractivity contribution in [3.05, 3.63) is 23.3 Å². The third kappa shape index (κ3) is 4.15. The second-order valence-corrected chi connectivity index (χ2v) is 6.14. The first-order valence-corrected chi connectivity index (χ1v) is 7.29. The molecule has 2 rings (SSSR count). The average Bonchev–Trinajstić information content (AvgIpc) is 2.71. The van der Waals surface area contributed by atoms with Crippen molar-refractivity contribution in [1.29, 1.82) is 0 Å². The zero-order chi connectivity index (χ0) is 15.6. The summed E-state index contributed by atoms with van der Waals surface area (Å²) >= 11 is 0. The van der Waals surface area contributed by atoms with E-state index in [1.54, 1.807) is 6.08 Å². The Morgan fingerprint density at radius 1 is 1.57 bits per heavy atom. The number of aliphatic hydroxyl groups excluding tert-OH is 1. The van der Waals surface area contributed by atoms with Crippen molar-refractivity contribution in [1.82, 2.24) is 0 Å². The summed E-state index contributed by atoms with van der Waals surface area (Å²) in [5, 5.41) is 10.3. The number of carbonyl (C=O) groups is 1. The molecule has 0 radical (unpaired) electrons. The molecule has 0 amide bonds. The first-order valence-electron chi connectivity index (χ1n) is 7.29. The summed E-state index contributed by atoms with van der Waals surface area (Å²) in [5.74, 6) is -0.879. The van der Waals surface area contributed by atoms with E-state index in [4.69, 9.17) is 14.2 Å². The van der Waals surface area contributed by atoms with Gasteiger partial charge >= 0.3 is 5.97 Å². The molecule has 2 aliphatic rings. The number of allylic oxidation sites excluding steroid dienone is 1. The molecule has 1 heterocycles. The standard InChI is InChI=1S/C16H24O5/c1-10-7-13(15-9-20-16(3,4)21-15)12(14(18)8-10)5-6-19-11(2)17/h5,8,13-15,18H,6-7,9H2,1-4H3/b12-5+/t13-,14-,15+/m0/s1. The molecule has 3 atom stereocenters. The summed E-state index contributed by atoms with van der Waals surface area (Å²) in [7, 11) is 0. The van der Waals surface area contributed by atoms with E-state index in [9.17, 15) is 9.90 Å². The Morgan fingerprint density at radius 2 is 2.29 bits per heavy atom. The van der Waals surface area contributed by atoms with Gasteiger partial charge in [-0.1, -0.05) is 11.6 Å². The smallest absolute Gasteiger partial charge is 0.302 e. The minimum absolute atomic E-state index is 0.0438. The second kappa shape index (κ2) is 6.30. The van der Waals surface area contributed by atoms with Crippen LogP contribution in [0, 0.1) is 5.92 Å². The monoisotopic (exact) mass is 296 g/mol. The van der Waals surface area contributed by atoms with Gasteiger partial charge in [0.1, 0.15) is 6.61 Å². The Morgan fingerprint density at radius 3 is 2.86 bits per heavy atom. The Bertz CT molecular complexity index is 463. The number of hydrogen-bond acceptors (Lipinski definition) is 5.